The summed E-state index contributed by atoms with van der Waals surface area (Å²) in [4.78, 5) is 14.6. The largest absolute Gasteiger partial charge is 0.362 e. The van der Waals surface area contributed by atoms with Crippen molar-refractivity contribution in [2.24, 2.45) is 5.10 Å². The van der Waals surface area contributed by atoms with Crippen LogP contribution < -0.4 is 15.0 Å². The molecule has 0 spiro atoms. The van der Waals surface area contributed by atoms with E-state index in [1.165, 1.54) is 24.7 Å². The Labute approximate surface area is 165 Å². The molecular weight excluding hydrogens is 376 g/mol. The predicted molar refractivity (Wildman–Crippen MR) is 110 cm³/mol. The molecule has 1 aliphatic heterocycles. The standard InChI is InChI=1S/C20H24N4O3S/c1-15(16-9-11-18(12-10-16)28(26,27)21-2)22-23-20(25)14-24-13-5-7-17-6-3-4-8-19(17)24/h3-4,6,8-12,21H,5,7,13-14H2,1-2H3,(H,23,25)/b22-15-. The van der Waals surface area contributed by atoms with E-state index < -0.39 is 10.0 Å². The molecule has 0 aliphatic carbocycles. The number of fused-ring (bicyclic) bond motifs is 1. The number of carbonyl (C=O) groups excluding carboxylic acids is 1. The third kappa shape index (κ3) is 4.58. The normalized spacial score (nSPS) is 14.5. The number of hydrogen-bond acceptors (Lipinski definition) is 5. The van der Waals surface area contributed by atoms with Gasteiger partial charge in [0.15, 0.2) is 0 Å². The minimum absolute atomic E-state index is 0.180. The van der Waals surface area contributed by atoms with E-state index in [0.717, 1.165) is 30.6 Å². The summed E-state index contributed by atoms with van der Waals surface area (Å²) in [5, 5.41) is 4.15. The van der Waals surface area contributed by atoms with Crippen molar-refractivity contribution >= 4 is 27.3 Å². The van der Waals surface area contributed by atoms with Crippen LogP contribution in [-0.4, -0.2) is 40.2 Å². The van der Waals surface area contributed by atoms with Crippen LogP contribution in [0.3, 0.4) is 0 Å². The Kier molecular flexibility index (Phi) is 6.11. The highest BCUT2D eigenvalue weighted by atomic mass is 32.2. The number of benzene rings is 2. The molecule has 1 heterocycles. The zero-order valence-electron chi connectivity index (χ0n) is 16.0. The van der Waals surface area contributed by atoms with E-state index in [0.29, 0.717) is 5.71 Å². The molecule has 28 heavy (non-hydrogen) atoms. The summed E-state index contributed by atoms with van der Waals surface area (Å²) >= 11 is 0. The van der Waals surface area contributed by atoms with Crippen LogP contribution in [0.1, 0.15) is 24.5 Å². The lowest BCUT2D eigenvalue weighted by Crippen LogP contribution is -2.38. The van der Waals surface area contributed by atoms with Crippen molar-refractivity contribution in [2.75, 3.05) is 25.0 Å². The van der Waals surface area contributed by atoms with E-state index in [-0.39, 0.29) is 17.3 Å². The van der Waals surface area contributed by atoms with Crippen molar-refractivity contribution in [3.63, 3.8) is 0 Å². The number of para-hydroxylation sites is 1. The van der Waals surface area contributed by atoms with Gasteiger partial charge in [0.1, 0.15) is 0 Å². The third-order valence-corrected chi connectivity index (χ3v) is 6.17. The van der Waals surface area contributed by atoms with E-state index in [1.54, 1.807) is 19.1 Å². The van der Waals surface area contributed by atoms with Crippen molar-refractivity contribution in [1.29, 1.82) is 0 Å². The van der Waals surface area contributed by atoms with Crippen molar-refractivity contribution in [2.45, 2.75) is 24.7 Å². The lowest BCUT2D eigenvalue weighted by Gasteiger charge is -2.30. The molecule has 2 N–H and O–H groups in total. The highest BCUT2D eigenvalue weighted by molar-refractivity contribution is 7.89. The molecule has 0 bridgehead atoms. The van der Waals surface area contributed by atoms with Gasteiger partial charge in [-0.25, -0.2) is 18.6 Å². The topological polar surface area (TPSA) is 90.9 Å². The predicted octanol–water partition coefficient (Wildman–Crippen LogP) is 1.89. The zero-order chi connectivity index (χ0) is 20.1. The van der Waals surface area contributed by atoms with Gasteiger partial charge in [-0.1, -0.05) is 30.3 Å². The van der Waals surface area contributed by atoms with Crippen LogP contribution in [-0.2, 0) is 21.2 Å². The second kappa shape index (κ2) is 8.53. The van der Waals surface area contributed by atoms with Gasteiger partial charge in [0.2, 0.25) is 10.0 Å². The van der Waals surface area contributed by atoms with Crippen LogP contribution in [0.5, 0.6) is 0 Å². The van der Waals surface area contributed by atoms with Gasteiger partial charge in [0.25, 0.3) is 5.91 Å². The molecule has 0 aromatic heterocycles. The number of anilines is 1. The Hall–Kier alpha value is -2.71. The third-order valence-electron chi connectivity index (χ3n) is 4.74. The maximum atomic E-state index is 12.3. The average Bonchev–Trinajstić information content (AvgIpc) is 2.72. The Bertz CT molecular complexity index is 985. The van der Waals surface area contributed by atoms with Gasteiger partial charge in [-0.3, -0.25) is 4.79 Å². The molecule has 0 fully saturated rings. The summed E-state index contributed by atoms with van der Waals surface area (Å²) in [7, 11) is -2.11. The number of amides is 1. The summed E-state index contributed by atoms with van der Waals surface area (Å²) in [6, 6.07) is 14.5. The number of rotatable bonds is 6. The number of carbonyl (C=O) groups is 1. The van der Waals surface area contributed by atoms with Gasteiger partial charge in [-0.2, -0.15) is 5.10 Å². The molecular formula is C20H24N4O3S. The highest BCUT2D eigenvalue weighted by Gasteiger charge is 2.18. The monoisotopic (exact) mass is 400 g/mol. The average molecular weight is 401 g/mol. The number of hydrazone groups is 1. The van der Waals surface area contributed by atoms with Crippen molar-refractivity contribution in [1.82, 2.24) is 10.1 Å². The van der Waals surface area contributed by atoms with E-state index in [4.69, 9.17) is 0 Å². The smallest absolute Gasteiger partial charge is 0.259 e. The molecule has 0 atom stereocenters. The maximum Gasteiger partial charge on any atom is 0.259 e. The minimum atomic E-state index is -3.47. The Balaban J connectivity index is 1.63. The SMILES string of the molecule is CNS(=O)(=O)c1ccc(/C(C)=N\NC(=O)CN2CCCc3ccccc32)cc1. The second-order valence-electron chi connectivity index (χ2n) is 6.62. The fraction of sp³-hybridized carbons (Fsp3) is 0.300. The second-order valence-corrected chi connectivity index (χ2v) is 8.50. The number of aryl methyl sites for hydroxylation is 1. The first-order valence-corrected chi connectivity index (χ1v) is 10.6. The number of nitrogens with zero attached hydrogens (tertiary/aromatic N) is 2. The fourth-order valence-corrected chi connectivity index (χ4v) is 3.92. The van der Waals surface area contributed by atoms with Crippen LogP contribution in [0, 0.1) is 0 Å². The molecule has 7 nitrogen and oxygen atoms in total. The van der Waals surface area contributed by atoms with E-state index in [9.17, 15) is 13.2 Å². The van der Waals surface area contributed by atoms with Gasteiger partial charge < -0.3 is 4.90 Å². The number of sulfonamides is 1. The quantitative estimate of drug-likeness (QED) is 0.572. The van der Waals surface area contributed by atoms with Gasteiger partial charge >= 0.3 is 0 Å². The first-order chi connectivity index (χ1) is 13.4. The van der Waals surface area contributed by atoms with Crippen LogP contribution in [0.25, 0.3) is 0 Å². The Morgan fingerprint density at radius 1 is 1.14 bits per heavy atom. The van der Waals surface area contributed by atoms with E-state index >= 15 is 0 Å². The molecule has 2 aromatic carbocycles. The van der Waals surface area contributed by atoms with Crippen molar-refractivity contribution in [3.05, 3.63) is 59.7 Å². The summed E-state index contributed by atoms with van der Waals surface area (Å²) in [6.07, 6.45) is 2.05. The Morgan fingerprint density at radius 2 is 1.86 bits per heavy atom. The number of nitrogens with one attached hydrogen (secondary N) is 2. The molecule has 1 aliphatic rings. The summed E-state index contributed by atoms with van der Waals surface area (Å²) < 4.78 is 25.8. The van der Waals surface area contributed by atoms with E-state index in [2.05, 4.69) is 26.2 Å². The molecule has 0 saturated heterocycles. The summed E-state index contributed by atoms with van der Waals surface area (Å²) in [5.74, 6) is -0.189. The maximum absolute atomic E-state index is 12.3. The van der Waals surface area contributed by atoms with Crippen LogP contribution in [0.2, 0.25) is 0 Å². The van der Waals surface area contributed by atoms with Crippen LogP contribution >= 0.6 is 0 Å². The molecule has 2 aromatic rings. The van der Waals surface area contributed by atoms with Gasteiger partial charge in [-0.05, 0) is 56.1 Å². The Morgan fingerprint density at radius 3 is 2.57 bits per heavy atom. The molecule has 0 saturated carbocycles. The van der Waals surface area contributed by atoms with Crippen LogP contribution in [0.4, 0.5) is 5.69 Å². The van der Waals surface area contributed by atoms with E-state index in [1.807, 2.05) is 18.2 Å². The first kappa shape index (κ1) is 20.0. The highest BCUT2D eigenvalue weighted by Crippen LogP contribution is 2.26. The molecule has 8 heteroatoms. The summed E-state index contributed by atoms with van der Waals surface area (Å²) in [5.41, 5.74) is 6.29. The van der Waals surface area contributed by atoms with Gasteiger partial charge in [0.05, 0.1) is 17.2 Å². The fourth-order valence-electron chi connectivity index (χ4n) is 3.19. The van der Waals surface area contributed by atoms with Crippen LogP contribution in [0.15, 0.2) is 58.5 Å². The molecule has 1 amide bonds. The molecule has 0 unspecified atom stereocenters. The summed E-state index contributed by atoms with van der Waals surface area (Å²) in [6.45, 7) is 2.85. The lowest BCUT2D eigenvalue weighted by molar-refractivity contribution is -0.119. The lowest BCUT2D eigenvalue weighted by atomic mass is 10.0. The van der Waals surface area contributed by atoms with Gasteiger partial charge in [0, 0.05) is 12.2 Å². The molecule has 148 valence electrons. The number of hydrogen-bond donors (Lipinski definition) is 2. The van der Waals surface area contributed by atoms with Crippen molar-refractivity contribution < 1.29 is 13.2 Å². The minimum Gasteiger partial charge on any atom is -0.362 e. The molecule has 0 radical (unpaired) electrons. The first-order valence-electron chi connectivity index (χ1n) is 9.10. The molecule has 3 rings (SSSR count). The zero-order valence-corrected chi connectivity index (χ0v) is 16.8. The van der Waals surface area contributed by atoms with Gasteiger partial charge in [-0.15, -0.1) is 0 Å². The van der Waals surface area contributed by atoms with Crippen molar-refractivity contribution in [3.8, 4) is 0 Å².